The molecule has 0 bridgehead atoms. The molecule has 0 spiro atoms. The first kappa shape index (κ1) is 49.5. The first-order chi connectivity index (χ1) is 28.0. The number of carbonyl (C=O) groups excluding carboxylic acids is 2. The van der Waals surface area contributed by atoms with Crippen LogP contribution in [-0.2, 0) is 28.5 Å². The van der Waals surface area contributed by atoms with Crippen molar-refractivity contribution in [2.24, 2.45) is 0 Å². The second-order valence-electron chi connectivity index (χ2n) is 16.9. The van der Waals surface area contributed by atoms with Gasteiger partial charge in [-0.2, -0.15) is 0 Å². The minimum Gasteiger partial charge on any atom is -0.353 e. The molecule has 2 amide bonds. The Morgan fingerprint density at radius 1 is 0.456 bits per heavy atom. The molecule has 2 N–H and O–H groups in total. The Kier molecular flexibility index (Phi) is 29.4. The van der Waals surface area contributed by atoms with Gasteiger partial charge in [-0.05, 0) is 102 Å². The van der Waals surface area contributed by atoms with Gasteiger partial charge >= 0.3 is 0 Å². The zero-order valence-electron chi connectivity index (χ0n) is 35.8. The molecule has 0 aromatic heterocycles. The highest BCUT2D eigenvalue weighted by molar-refractivity contribution is 5.92. The molecular formula is C47H82F2N2O6. The standard InChI is InChI=1S/C47H82F2N2O6/c48-40(30-22-18-14-10-6-2-1-4-8-12-16-20-26-36-54-44-32-24-28-38-56-44)46(52)50-42-34-35-43(42)51-47(53)41(49)31-23-19-15-11-7-3-5-9-13-17-21-27-37-55-45-33-25-29-39-57-45/h30-31,42-45H,1-29,32-39H2,(H,50,52)(H,51,53)/b40-30-,41-31-/t42-,43-,44?,45?/m1/s1. The van der Waals surface area contributed by atoms with Gasteiger partial charge in [-0.15, -0.1) is 0 Å². The van der Waals surface area contributed by atoms with Gasteiger partial charge in [0, 0.05) is 38.5 Å². The van der Waals surface area contributed by atoms with Gasteiger partial charge in [-0.3, -0.25) is 9.59 Å². The van der Waals surface area contributed by atoms with Crippen molar-refractivity contribution in [2.45, 2.75) is 237 Å². The van der Waals surface area contributed by atoms with Gasteiger partial charge < -0.3 is 29.6 Å². The zero-order chi connectivity index (χ0) is 40.4. The first-order valence-electron chi connectivity index (χ1n) is 23.8. The molecular weight excluding hydrogens is 727 g/mol. The highest BCUT2D eigenvalue weighted by Gasteiger charge is 2.34. The molecule has 10 heteroatoms. The van der Waals surface area contributed by atoms with Crippen molar-refractivity contribution in [1.29, 1.82) is 0 Å². The fourth-order valence-electron chi connectivity index (χ4n) is 7.93. The quantitative estimate of drug-likeness (QED) is 0.0489. The number of hydrogen-bond donors (Lipinski definition) is 2. The van der Waals surface area contributed by atoms with Gasteiger partial charge in [0.15, 0.2) is 24.2 Å². The average Bonchev–Trinajstić information content (AvgIpc) is 3.23. The number of nitrogens with one attached hydrogen (secondary N) is 2. The molecule has 2 heterocycles. The van der Waals surface area contributed by atoms with E-state index in [0.717, 1.165) is 103 Å². The number of amides is 2. The summed E-state index contributed by atoms with van der Waals surface area (Å²) in [7, 11) is 0. The Morgan fingerprint density at radius 2 is 0.772 bits per heavy atom. The van der Waals surface area contributed by atoms with Crippen molar-refractivity contribution in [1.82, 2.24) is 10.6 Å². The van der Waals surface area contributed by atoms with Crippen molar-refractivity contribution < 1.29 is 37.3 Å². The van der Waals surface area contributed by atoms with Crippen molar-refractivity contribution >= 4 is 11.8 Å². The first-order valence-corrected chi connectivity index (χ1v) is 23.8. The van der Waals surface area contributed by atoms with Crippen molar-refractivity contribution in [3.05, 3.63) is 23.8 Å². The van der Waals surface area contributed by atoms with E-state index in [1.54, 1.807) is 0 Å². The molecule has 2 saturated heterocycles. The third-order valence-electron chi connectivity index (χ3n) is 11.8. The van der Waals surface area contributed by atoms with Crippen molar-refractivity contribution in [2.75, 3.05) is 26.4 Å². The van der Waals surface area contributed by atoms with E-state index in [-0.39, 0.29) is 24.7 Å². The number of ether oxygens (including phenoxy) is 4. The van der Waals surface area contributed by atoms with Gasteiger partial charge in [0.25, 0.3) is 11.8 Å². The fraction of sp³-hybridized carbons (Fsp3) is 0.872. The van der Waals surface area contributed by atoms with E-state index in [0.29, 0.717) is 25.7 Å². The molecule has 2 unspecified atom stereocenters. The summed E-state index contributed by atoms with van der Waals surface area (Å²) >= 11 is 0. The van der Waals surface area contributed by atoms with Gasteiger partial charge in [0.05, 0.1) is 0 Å². The van der Waals surface area contributed by atoms with Crippen LogP contribution in [0.2, 0.25) is 0 Å². The summed E-state index contributed by atoms with van der Waals surface area (Å²) in [5.41, 5.74) is 0. The lowest BCUT2D eigenvalue weighted by Gasteiger charge is -2.37. The molecule has 1 aliphatic carbocycles. The molecule has 4 atom stereocenters. The molecule has 57 heavy (non-hydrogen) atoms. The lowest BCUT2D eigenvalue weighted by Crippen LogP contribution is -2.58. The topological polar surface area (TPSA) is 95.1 Å². The van der Waals surface area contributed by atoms with Gasteiger partial charge in [-0.1, -0.05) is 122 Å². The van der Waals surface area contributed by atoms with Crippen LogP contribution in [0.4, 0.5) is 8.78 Å². The van der Waals surface area contributed by atoms with Gasteiger partial charge in [0.2, 0.25) is 0 Å². The number of halogens is 2. The van der Waals surface area contributed by atoms with E-state index in [1.165, 1.54) is 121 Å². The second-order valence-corrected chi connectivity index (χ2v) is 16.9. The second kappa shape index (κ2) is 33.9. The SMILES string of the molecule is O=C(N[C@@H]1CC[C@H]1NC(=O)/C(F)=C/CCCCCCCCCCCCCOC1CCCCO1)/C(F)=C/CCCCCCCCCCCCCCOC1CCCCO1. The Hall–Kier alpha value is -1.88. The maximum Gasteiger partial charge on any atom is 0.279 e. The number of rotatable bonds is 35. The molecule has 0 aromatic carbocycles. The van der Waals surface area contributed by atoms with Crippen LogP contribution in [0.15, 0.2) is 23.8 Å². The third-order valence-corrected chi connectivity index (χ3v) is 11.8. The van der Waals surface area contributed by atoms with Crippen LogP contribution in [0.1, 0.15) is 212 Å². The molecule has 3 aliphatic rings. The minimum absolute atomic E-state index is 0.0303. The van der Waals surface area contributed by atoms with E-state index in [2.05, 4.69) is 10.6 Å². The number of allylic oxidation sites excluding steroid dienone is 2. The summed E-state index contributed by atoms with van der Waals surface area (Å²) < 4.78 is 51.7. The highest BCUT2D eigenvalue weighted by atomic mass is 19.1. The smallest absolute Gasteiger partial charge is 0.279 e. The van der Waals surface area contributed by atoms with Crippen LogP contribution in [0.5, 0.6) is 0 Å². The average molecular weight is 809 g/mol. The molecule has 0 radical (unpaired) electrons. The minimum atomic E-state index is -0.777. The largest absolute Gasteiger partial charge is 0.353 e. The van der Waals surface area contributed by atoms with E-state index < -0.39 is 23.5 Å². The molecule has 330 valence electrons. The summed E-state index contributed by atoms with van der Waals surface area (Å²) in [5, 5.41) is 5.35. The third kappa shape index (κ3) is 25.4. The van der Waals surface area contributed by atoms with Crippen LogP contribution < -0.4 is 10.6 Å². The molecule has 2 aliphatic heterocycles. The monoisotopic (exact) mass is 809 g/mol. The van der Waals surface area contributed by atoms with E-state index in [4.69, 9.17) is 18.9 Å². The van der Waals surface area contributed by atoms with E-state index in [1.807, 2.05) is 0 Å². The Labute approximate surface area is 345 Å². The number of carbonyl (C=O) groups is 2. The summed E-state index contributed by atoms with van der Waals surface area (Å²) in [4.78, 5) is 24.8. The number of unbranched alkanes of at least 4 members (excludes halogenated alkanes) is 23. The van der Waals surface area contributed by atoms with Crippen molar-refractivity contribution in [3.63, 3.8) is 0 Å². The van der Waals surface area contributed by atoms with Gasteiger partial charge in [0.1, 0.15) is 0 Å². The molecule has 8 nitrogen and oxygen atoms in total. The van der Waals surface area contributed by atoms with Crippen LogP contribution in [0.3, 0.4) is 0 Å². The summed E-state index contributed by atoms with van der Waals surface area (Å²) in [6, 6.07) is -0.758. The maximum absolute atomic E-state index is 14.5. The van der Waals surface area contributed by atoms with Crippen molar-refractivity contribution in [3.8, 4) is 0 Å². The number of hydrogen-bond acceptors (Lipinski definition) is 6. The van der Waals surface area contributed by atoms with Crippen LogP contribution in [0, 0.1) is 0 Å². The molecule has 1 saturated carbocycles. The fourth-order valence-corrected chi connectivity index (χ4v) is 7.93. The molecule has 0 aromatic rings. The Balaban J connectivity index is 1.05. The molecule has 3 fully saturated rings. The molecule has 3 rings (SSSR count). The van der Waals surface area contributed by atoms with Crippen LogP contribution in [0.25, 0.3) is 0 Å². The van der Waals surface area contributed by atoms with E-state index in [9.17, 15) is 18.4 Å². The Morgan fingerprint density at radius 3 is 1.07 bits per heavy atom. The lowest BCUT2D eigenvalue weighted by molar-refractivity contribution is -0.163. The lowest BCUT2D eigenvalue weighted by atomic mass is 9.86. The predicted molar refractivity (Wildman–Crippen MR) is 226 cm³/mol. The summed E-state index contributed by atoms with van der Waals surface area (Å²) in [6.07, 6.45) is 39.2. The Bertz CT molecular complexity index is 1080. The summed E-state index contributed by atoms with van der Waals surface area (Å²) in [5.74, 6) is -3.06. The van der Waals surface area contributed by atoms with Gasteiger partial charge in [-0.25, -0.2) is 8.78 Å². The van der Waals surface area contributed by atoms with Crippen LogP contribution >= 0.6 is 0 Å². The summed E-state index contributed by atoms with van der Waals surface area (Å²) in [6.45, 7) is 3.31. The predicted octanol–water partition coefficient (Wildman–Crippen LogP) is 12.3. The van der Waals surface area contributed by atoms with Crippen LogP contribution in [-0.4, -0.2) is 62.9 Å². The zero-order valence-corrected chi connectivity index (χ0v) is 35.8. The normalized spacial score (nSPS) is 21.6. The highest BCUT2D eigenvalue weighted by Crippen LogP contribution is 2.22. The maximum atomic E-state index is 14.5. The van der Waals surface area contributed by atoms with E-state index >= 15 is 0 Å².